The molecule has 0 aromatic rings. The lowest BCUT2D eigenvalue weighted by atomic mass is 10.1. The smallest absolute Gasteiger partial charge is 0.0908 e. The van der Waals surface area contributed by atoms with E-state index in [2.05, 4.69) is 18.3 Å². The van der Waals surface area contributed by atoms with Crippen molar-refractivity contribution in [2.45, 2.75) is 0 Å². The minimum absolute atomic E-state index is 0.0486. The summed E-state index contributed by atoms with van der Waals surface area (Å²) in [5.74, 6) is 0.0486. The Kier molecular flexibility index (Phi) is 3.76. The highest BCUT2D eigenvalue weighted by Gasteiger charge is 1.94. The summed E-state index contributed by atoms with van der Waals surface area (Å²) >= 11 is 0. The molecule has 0 N–H and O–H groups in total. The minimum atomic E-state index is 0.0486. The third-order valence-electron chi connectivity index (χ3n) is 0.891. The molecule has 0 bridgehead atoms. The first-order chi connectivity index (χ1) is 3.85. The second-order valence-electron chi connectivity index (χ2n) is 1.45. The zero-order valence-corrected chi connectivity index (χ0v) is 4.71. The molecule has 2 heteroatoms. The van der Waals surface area contributed by atoms with Crippen LogP contribution in [0.2, 0.25) is 0 Å². The van der Waals surface area contributed by atoms with Gasteiger partial charge in [0.15, 0.2) is 0 Å². The second kappa shape index (κ2) is 4.24. The maximum absolute atomic E-state index is 9.59. The van der Waals surface area contributed by atoms with Crippen molar-refractivity contribution in [2.75, 3.05) is 6.54 Å². The molecular formula is C6H9NO. The SMILES string of the molecule is C=CC(C=C)CN=O. The normalized spacial score (nSPS) is 8.62. The Morgan fingerprint density at radius 3 is 2.12 bits per heavy atom. The highest BCUT2D eigenvalue weighted by molar-refractivity contribution is 4.92. The van der Waals surface area contributed by atoms with Crippen molar-refractivity contribution in [3.63, 3.8) is 0 Å². The fraction of sp³-hybridized carbons (Fsp3) is 0.333. The molecule has 2 nitrogen and oxygen atoms in total. The standard InChI is InChI=1S/C6H9NO/c1-3-6(4-2)5-7-8/h3-4,6H,1-2,5H2. The van der Waals surface area contributed by atoms with E-state index in [-0.39, 0.29) is 12.5 Å². The Labute approximate surface area is 48.9 Å². The summed E-state index contributed by atoms with van der Waals surface area (Å²) in [6.07, 6.45) is 3.29. The van der Waals surface area contributed by atoms with Gasteiger partial charge in [-0.05, 0) is 0 Å². The highest BCUT2D eigenvalue weighted by atomic mass is 16.3. The molecule has 0 aliphatic carbocycles. The third-order valence-corrected chi connectivity index (χ3v) is 0.891. The van der Waals surface area contributed by atoms with Crippen LogP contribution in [0.1, 0.15) is 0 Å². The maximum atomic E-state index is 9.59. The van der Waals surface area contributed by atoms with Crippen LogP contribution in [0.5, 0.6) is 0 Å². The van der Waals surface area contributed by atoms with Crippen LogP contribution in [0.3, 0.4) is 0 Å². The molecule has 44 valence electrons. The lowest BCUT2D eigenvalue weighted by Crippen LogP contribution is -1.93. The lowest BCUT2D eigenvalue weighted by Gasteiger charge is -1.95. The predicted octanol–water partition coefficient (Wildman–Crippen LogP) is 1.74. The van der Waals surface area contributed by atoms with Crippen molar-refractivity contribution in [1.29, 1.82) is 0 Å². The monoisotopic (exact) mass is 111 g/mol. The molecule has 0 aromatic heterocycles. The van der Waals surface area contributed by atoms with E-state index in [1.165, 1.54) is 0 Å². The van der Waals surface area contributed by atoms with Gasteiger partial charge in [0.2, 0.25) is 0 Å². The molecule has 0 spiro atoms. The number of nitrogens with zero attached hydrogens (tertiary/aromatic N) is 1. The van der Waals surface area contributed by atoms with Crippen LogP contribution in [0.15, 0.2) is 30.5 Å². The van der Waals surface area contributed by atoms with Crippen LogP contribution in [-0.2, 0) is 0 Å². The van der Waals surface area contributed by atoms with Gasteiger partial charge in [0.25, 0.3) is 0 Å². The number of hydrogen-bond acceptors (Lipinski definition) is 2. The summed E-state index contributed by atoms with van der Waals surface area (Å²) in [7, 11) is 0. The topological polar surface area (TPSA) is 29.4 Å². The van der Waals surface area contributed by atoms with Crippen LogP contribution in [0.25, 0.3) is 0 Å². The van der Waals surface area contributed by atoms with E-state index in [9.17, 15) is 4.91 Å². The van der Waals surface area contributed by atoms with Crippen LogP contribution in [0, 0.1) is 10.8 Å². The number of rotatable bonds is 4. The lowest BCUT2D eigenvalue weighted by molar-refractivity contribution is 0.820. The Bertz CT molecular complexity index is 90.7. The third kappa shape index (κ3) is 2.29. The van der Waals surface area contributed by atoms with Crippen LogP contribution >= 0.6 is 0 Å². The summed E-state index contributed by atoms with van der Waals surface area (Å²) in [5, 5.41) is 2.69. The molecule has 8 heavy (non-hydrogen) atoms. The summed E-state index contributed by atoms with van der Waals surface area (Å²) < 4.78 is 0. The first-order valence-electron chi connectivity index (χ1n) is 2.39. The van der Waals surface area contributed by atoms with E-state index in [1.54, 1.807) is 12.2 Å². The molecular weight excluding hydrogens is 102 g/mol. The first kappa shape index (κ1) is 7.08. The van der Waals surface area contributed by atoms with E-state index >= 15 is 0 Å². The highest BCUT2D eigenvalue weighted by Crippen LogP contribution is 1.97. The summed E-state index contributed by atoms with van der Waals surface area (Å²) in [6, 6.07) is 0. The Balaban J connectivity index is 3.50. The van der Waals surface area contributed by atoms with Crippen molar-refractivity contribution in [3.05, 3.63) is 30.2 Å². The average molecular weight is 111 g/mol. The zero-order valence-electron chi connectivity index (χ0n) is 4.71. The molecule has 0 unspecified atom stereocenters. The van der Waals surface area contributed by atoms with Crippen LogP contribution in [0.4, 0.5) is 0 Å². The zero-order chi connectivity index (χ0) is 6.41. The molecule has 0 fully saturated rings. The Hall–Kier alpha value is -0.920. The van der Waals surface area contributed by atoms with E-state index in [0.29, 0.717) is 0 Å². The maximum Gasteiger partial charge on any atom is 0.0908 e. The van der Waals surface area contributed by atoms with Gasteiger partial charge in [0.1, 0.15) is 0 Å². The van der Waals surface area contributed by atoms with Gasteiger partial charge >= 0.3 is 0 Å². The number of hydrogen-bond donors (Lipinski definition) is 0. The Morgan fingerprint density at radius 1 is 1.50 bits per heavy atom. The molecule has 0 radical (unpaired) electrons. The fourth-order valence-corrected chi connectivity index (χ4v) is 0.331. The summed E-state index contributed by atoms with van der Waals surface area (Å²) in [6.45, 7) is 7.22. The molecule has 0 heterocycles. The van der Waals surface area contributed by atoms with Crippen molar-refractivity contribution >= 4 is 0 Å². The molecule has 0 saturated heterocycles. The van der Waals surface area contributed by atoms with Gasteiger partial charge in [0.05, 0.1) is 6.54 Å². The molecule has 0 aliphatic rings. The van der Waals surface area contributed by atoms with Crippen LogP contribution < -0.4 is 0 Å². The minimum Gasteiger partial charge on any atom is -0.151 e. The van der Waals surface area contributed by atoms with Gasteiger partial charge in [-0.1, -0.05) is 17.3 Å². The van der Waals surface area contributed by atoms with Crippen LogP contribution in [-0.4, -0.2) is 6.54 Å². The van der Waals surface area contributed by atoms with Crippen molar-refractivity contribution in [1.82, 2.24) is 0 Å². The van der Waals surface area contributed by atoms with Gasteiger partial charge in [0, 0.05) is 5.92 Å². The Morgan fingerprint density at radius 2 is 2.00 bits per heavy atom. The van der Waals surface area contributed by atoms with Gasteiger partial charge in [-0.3, -0.25) is 0 Å². The van der Waals surface area contributed by atoms with Gasteiger partial charge < -0.3 is 0 Å². The van der Waals surface area contributed by atoms with Gasteiger partial charge in [-0.2, -0.15) is 4.91 Å². The quantitative estimate of drug-likeness (QED) is 0.401. The molecule has 0 aromatic carbocycles. The molecule has 0 rings (SSSR count). The average Bonchev–Trinajstić information content (AvgIpc) is 1.83. The van der Waals surface area contributed by atoms with E-state index < -0.39 is 0 Å². The van der Waals surface area contributed by atoms with E-state index in [0.717, 1.165) is 0 Å². The summed E-state index contributed by atoms with van der Waals surface area (Å²) in [5.41, 5.74) is 0. The first-order valence-corrected chi connectivity index (χ1v) is 2.39. The second-order valence-corrected chi connectivity index (χ2v) is 1.45. The largest absolute Gasteiger partial charge is 0.151 e. The van der Waals surface area contributed by atoms with E-state index in [4.69, 9.17) is 0 Å². The van der Waals surface area contributed by atoms with Crippen molar-refractivity contribution in [3.8, 4) is 0 Å². The predicted molar refractivity (Wildman–Crippen MR) is 34.5 cm³/mol. The van der Waals surface area contributed by atoms with Crippen molar-refractivity contribution < 1.29 is 0 Å². The molecule has 0 amide bonds. The van der Waals surface area contributed by atoms with E-state index in [1.807, 2.05) is 0 Å². The fourth-order valence-electron chi connectivity index (χ4n) is 0.331. The summed E-state index contributed by atoms with van der Waals surface area (Å²) in [4.78, 5) is 9.59. The van der Waals surface area contributed by atoms with Gasteiger partial charge in [-0.25, -0.2) is 0 Å². The van der Waals surface area contributed by atoms with Crippen molar-refractivity contribution in [2.24, 2.45) is 11.1 Å². The molecule has 0 aliphatic heterocycles. The molecule has 0 saturated carbocycles. The molecule has 0 atom stereocenters. The van der Waals surface area contributed by atoms with Gasteiger partial charge in [-0.15, -0.1) is 13.2 Å². The number of nitroso groups, excluding NO2 is 1.